The molecule has 0 aliphatic rings. The number of hydrogen-bond acceptors (Lipinski definition) is 4. The molecule has 0 aliphatic heterocycles. The second-order valence-corrected chi connectivity index (χ2v) is 3.13. The van der Waals surface area contributed by atoms with Crippen LogP contribution in [0.5, 0.6) is 0 Å². The van der Waals surface area contributed by atoms with Crippen molar-refractivity contribution in [1.29, 1.82) is 0 Å². The van der Waals surface area contributed by atoms with Crippen LogP contribution in [0.25, 0.3) is 11.2 Å². The lowest BCUT2D eigenvalue weighted by Crippen LogP contribution is -2.28. The van der Waals surface area contributed by atoms with Crippen LogP contribution < -0.4 is 11.2 Å². The van der Waals surface area contributed by atoms with E-state index in [1.54, 1.807) is 0 Å². The summed E-state index contributed by atoms with van der Waals surface area (Å²) in [5.41, 5.74) is -0.342. The summed E-state index contributed by atoms with van der Waals surface area (Å²) in [5.74, 6) is 0.513. The molecule has 7 heteroatoms. The zero-order chi connectivity index (χ0) is 11.0. The van der Waals surface area contributed by atoms with Gasteiger partial charge >= 0.3 is 5.69 Å². The van der Waals surface area contributed by atoms with E-state index in [4.69, 9.17) is 4.74 Å². The molecular formula is C8H10N4O3. The van der Waals surface area contributed by atoms with Gasteiger partial charge in [0.2, 0.25) is 0 Å². The van der Waals surface area contributed by atoms with E-state index in [0.717, 1.165) is 0 Å². The van der Waals surface area contributed by atoms with E-state index >= 15 is 0 Å². The molecule has 0 aromatic carbocycles. The number of aromatic nitrogens is 4. The van der Waals surface area contributed by atoms with Gasteiger partial charge in [-0.1, -0.05) is 0 Å². The Bertz CT molecular complexity index is 606. The molecule has 2 aromatic heterocycles. The Morgan fingerprint density at radius 2 is 2.13 bits per heavy atom. The van der Waals surface area contributed by atoms with E-state index in [2.05, 4.69) is 15.0 Å². The lowest BCUT2D eigenvalue weighted by Gasteiger charge is -1.94. The molecule has 2 heterocycles. The normalized spacial score (nSPS) is 11.1. The standard InChI is InChI=1S/C8H10N4O3/c1-12-6-5(7(13)11-8(12)14)9-4(10-6)3-15-2/h3H2,1-2H3,(H,9,10)(H,11,13,14). The fraction of sp³-hybridized carbons (Fsp3) is 0.375. The number of rotatable bonds is 2. The van der Waals surface area contributed by atoms with Crippen molar-refractivity contribution in [3.8, 4) is 0 Å². The third-order valence-corrected chi connectivity index (χ3v) is 2.08. The zero-order valence-electron chi connectivity index (χ0n) is 8.33. The number of nitrogens with one attached hydrogen (secondary N) is 2. The first-order chi connectivity index (χ1) is 7.13. The Morgan fingerprint density at radius 1 is 1.40 bits per heavy atom. The van der Waals surface area contributed by atoms with E-state index in [1.165, 1.54) is 18.7 Å². The van der Waals surface area contributed by atoms with Gasteiger partial charge in [-0.25, -0.2) is 9.78 Å². The van der Waals surface area contributed by atoms with Crippen LogP contribution in [0.2, 0.25) is 0 Å². The summed E-state index contributed by atoms with van der Waals surface area (Å²) >= 11 is 0. The summed E-state index contributed by atoms with van der Waals surface area (Å²) in [6.45, 7) is 0.266. The summed E-state index contributed by atoms with van der Waals surface area (Å²) in [6.07, 6.45) is 0. The van der Waals surface area contributed by atoms with Crippen LogP contribution in [0, 0.1) is 0 Å². The van der Waals surface area contributed by atoms with Crippen molar-refractivity contribution in [1.82, 2.24) is 19.5 Å². The minimum Gasteiger partial charge on any atom is -0.377 e. The molecular weight excluding hydrogens is 200 g/mol. The zero-order valence-corrected chi connectivity index (χ0v) is 8.33. The summed E-state index contributed by atoms with van der Waals surface area (Å²) in [6, 6.07) is 0. The van der Waals surface area contributed by atoms with E-state index < -0.39 is 11.2 Å². The summed E-state index contributed by atoms with van der Waals surface area (Å²) in [7, 11) is 3.06. The van der Waals surface area contributed by atoms with Gasteiger partial charge in [-0.3, -0.25) is 14.3 Å². The van der Waals surface area contributed by atoms with Crippen LogP contribution in [-0.2, 0) is 18.4 Å². The molecule has 2 aromatic rings. The topological polar surface area (TPSA) is 92.8 Å². The highest BCUT2D eigenvalue weighted by Crippen LogP contribution is 2.03. The quantitative estimate of drug-likeness (QED) is 0.671. The van der Waals surface area contributed by atoms with Crippen molar-refractivity contribution in [2.24, 2.45) is 7.05 Å². The molecule has 0 aliphatic carbocycles. The number of aromatic amines is 2. The number of fused-ring (bicyclic) bond motifs is 1. The fourth-order valence-corrected chi connectivity index (χ4v) is 1.36. The first-order valence-electron chi connectivity index (χ1n) is 4.30. The van der Waals surface area contributed by atoms with Crippen molar-refractivity contribution in [2.45, 2.75) is 6.61 Å². The summed E-state index contributed by atoms with van der Waals surface area (Å²) in [5, 5.41) is 0. The molecule has 0 spiro atoms. The molecule has 15 heavy (non-hydrogen) atoms. The van der Waals surface area contributed by atoms with Crippen molar-refractivity contribution < 1.29 is 4.74 Å². The average Bonchev–Trinajstić information content (AvgIpc) is 2.60. The number of hydrogen-bond donors (Lipinski definition) is 2. The van der Waals surface area contributed by atoms with Crippen LogP contribution in [0.15, 0.2) is 9.59 Å². The number of imidazole rings is 1. The van der Waals surface area contributed by atoms with Gasteiger partial charge < -0.3 is 9.72 Å². The number of H-pyrrole nitrogens is 2. The summed E-state index contributed by atoms with van der Waals surface area (Å²) < 4.78 is 6.14. The van der Waals surface area contributed by atoms with Gasteiger partial charge in [-0.2, -0.15) is 0 Å². The maximum atomic E-state index is 11.4. The van der Waals surface area contributed by atoms with Gasteiger partial charge in [-0.15, -0.1) is 0 Å². The smallest absolute Gasteiger partial charge is 0.329 e. The molecule has 0 radical (unpaired) electrons. The molecule has 2 rings (SSSR count). The number of aryl methyl sites for hydroxylation is 1. The molecule has 2 N–H and O–H groups in total. The third-order valence-electron chi connectivity index (χ3n) is 2.08. The van der Waals surface area contributed by atoms with E-state index in [-0.39, 0.29) is 12.1 Å². The molecule has 0 fully saturated rings. The second-order valence-electron chi connectivity index (χ2n) is 3.13. The molecule has 0 saturated carbocycles. The van der Waals surface area contributed by atoms with Crippen molar-refractivity contribution in [3.63, 3.8) is 0 Å². The number of methoxy groups -OCH3 is 1. The number of nitrogens with zero attached hydrogens (tertiary/aromatic N) is 2. The molecule has 0 unspecified atom stereocenters. The number of ether oxygens (including phenoxy) is 1. The molecule has 0 amide bonds. The Hall–Kier alpha value is -1.89. The highest BCUT2D eigenvalue weighted by molar-refractivity contribution is 5.69. The van der Waals surface area contributed by atoms with Crippen molar-refractivity contribution in [2.75, 3.05) is 7.11 Å². The molecule has 0 saturated heterocycles. The van der Waals surface area contributed by atoms with Gasteiger partial charge in [0, 0.05) is 14.2 Å². The second kappa shape index (κ2) is 3.35. The van der Waals surface area contributed by atoms with Crippen LogP contribution >= 0.6 is 0 Å². The minimum atomic E-state index is -0.483. The average molecular weight is 210 g/mol. The fourth-order valence-electron chi connectivity index (χ4n) is 1.36. The van der Waals surface area contributed by atoms with E-state index in [9.17, 15) is 9.59 Å². The molecule has 0 atom stereocenters. The van der Waals surface area contributed by atoms with E-state index in [0.29, 0.717) is 11.5 Å². The summed E-state index contributed by atoms with van der Waals surface area (Å²) in [4.78, 5) is 31.7. The Kier molecular flexibility index (Phi) is 2.16. The van der Waals surface area contributed by atoms with Crippen LogP contribution in [0.3, 0.4) is 0 Å². The largest absolute Gasteiger partial charge is 0.377 e. The van der Waals surface area contributed by atoms with Gasteiger partial charge in [-0.05, 0) is 0 Å². The van der Waals surface area contributed by atoms with Gasteiger partial charge in [0.05, 0.1) is 0 Å². The van der Waals surface area contributed by atoms with Crippen LogP contribution in [-0.4, -0.2) is 26.6 Å². The monoisotopic (exact) mass is 210 g/mol. The Labute approximate surface area is 83.7 Å². The maximum Gasteiger partial charge on any atom is 0.329 e. The predicted octanol–water partition coefficient (Wildman–Crippen LogP) is -0.904. The highest BCUT2D eigenvalue weighted by Gasteiger charge is 2.09. The first kappa shape index (κ1) is 9.66. The minimum absolute atomic E-state index is 0.266. The lowest BCUT2D eigenvalue weighted by atomic mass is 10.5. The molecule has 7 nitrogen and oxygen atoms in total. The molecule has 80 valence electrons. The van der Waals surface area contributed by atoms with E-state index in [1.807, 2.05) is 0 Å². The van der Waals surface area contributed by atoms with Gasteiger partial charge in [0.25, 0.3) is 5.56 Å². The third kappa shape index (κ3) is 1.46. The SMILES string of the molecule is COCc1nc2c([nH]1)c(=O)[nH]c(=O)n2C. The molecule has 0 bridgehead atoms. The lowest BCUT2D eigenvalue weighted by molar-refractivity contribution is 0.179. The van der Waals surface area contributed by atoms with Crippen LogP contribution in [0.1, 0.15) is 5.82 Å². The highest BCUT2D eigenvalue weighted by atomic mass is 16.5. The Morgan fingerprint density at radius 3 is 2.80 bits per heavy atom. The first-order valence-corrected chi connectivity index (χ1v) is 4.30. The maximum absolute atomic E-state index is 11.4. The van der Waals surface area contributed by atoms with Crippen molar-refractivity contribution >= 4 is 11.2 Å². The van der Waals surface area contributed by atoms with Gasteiger partial charge in [0.1, 0.15) is 17.9 Å². The van der Waals surface area contributed by atoms with Gasteiger partial charge in [0.15, 0.2) is 5.65 Å². The Balaban J connectivity index is 2.80. The van der Waals surface area contributed by atoms with Crippen molar-refractivity contribution in [3.05, 3.63) is 26.7 Å². The van der Waals surface area contributed by atoms with Crippen LogP contribution in [0.4, 0.5) is 0 Å². The predicted molar refractivity (Wildman–Crippen MR) is 52.7 cm³/mol.